The van der Waals surface area contributed by atoms with Gasteiger partial charge in [-0.15, -0.1) is 0 Å². The molecule has 0 radical (unpaired) electrons. The summed E-state index contributed by atoms with van der Waals surface area (Å²) in [7, 11) is 3.77. The van der Waals surface area contributed by atoms with E-state index >= 15 is 0 Å². The molecule has 2 fully saturated rings. The highest BCUT2D eigenvalue weighted by Gasteiger charge is 2.49. The number of aliphatic carboxylic acids is 1. The van der Waals surface area contributed by atoms with Gasteiger partial charge in [0, 0.05) is 19.6 Å². The van der Waals surface area contributed by atoms with Crippen LogP contribution in [0.3, 0.4) is 0 Å². The molecule has 48 heavy (non-hydrogen) atoms. The van der Waals surface area contributed by atoms with E-state index in [4.69, 9.17) is 4.74 Å². The fourth-order valence-corrected chi connectivity index (χ4v) is 6.83. The number of rotatable bonds is 5. The Morgan fingerprint density at radius 3 is 2.33 bits per heavy atom. The molecular weight excluding hydrogens is 648 g/mol. The van der Waals surface area contributed by atoms with E-state index in [1.54, 1.807) is 7.05 Å². The lowest BCUT2D eigenvalue weighted by molar-refractivity contribution is -0.150. The number of hydrogen-bond acceptors (Lipinski definition) is 6. The van der Waals surface area contributed by atoms with Gasteiger partial charge >= 0.3 is 12.1 Å². The fourth-order valence-electron chi connectivity index (χ4n) is 6.83. The monoisotopic (exact) mass is 688 g/mol. The maximum atomic E-state index is 12.8. The molecule has 0 bridgehead atoms. The van der Waals surface area contributed by atoms with Crippen LogP contribution in [0.5, 0.6) is 0 Å². The van der Waals surface area contributed by atoms with Crippen molar-refractivity contribution >= 4 is 41.9 Å². The minimum Gasteiger partial charge on any atom is -0.481 e. The van der Waals surface area contributed by atoms with E-state index in [0.29, 0.717) is 12.1 Å². The lowest BCUT2D eigenvalue weighted by Gasteiger charge is -2.44. The normalized spacial score (nSPS) is 22.0. The average molecular weight is 689 g/mol. The summed E-state index contributed by atoms with van der Waals surface area (Å²) in [6.07, 6.45) is -0.630. The zero-order valence-electron chi connectivity index (χ0n) is 27.1. The number of fused-ring (bicyclic) bond motifs is 1. The molecule has 4 atom stereocenters. The van der Waals surface area contributed by atoms with E-state index in [2.05, 4.69) is 76.5 Å². The molecule has 1 aliphatic heterocycles. The quantitative estimate of drug-likeness (QED) is 0.0971. The van der Waals surface area contributed by atoms with Crippen molar-refractivity contribution in [3.8, 4) is 11.1 Å². The summed E-state index contributed by atoms with van der Waals surface area (Å²) < 4.78 is 59.6. The Bertz CT molecular complexity index is 1720. The first-order valence-corrected chi connectivity index (χ1v) is 16.0. The highest BCUT2D eigenvalue weighted by molar-refractivity contribution is 7.78. The summed E-state index contributed by atoms with van der Waals surface area (Å²) >= 11 is 3.54. The number of carbonyl (C=O) groups is 2. The molecule has 13 heteroatoms. The molecule has 1 saturated carbocycles. The van der Waals surface area contributed by atoms with Crippen molar-refractivity contribution in [3.63, 3.8) is 0 Å². The van der Waals surface area contributed by atoms with Gasteiger partial charge in [0.2, 0.25) is 6.41 Å². The number of carbonyl (C=O) groups excluding carboxylic acids is 1. The lowest BCUT2D eigenvalue weighted by atomic mass is 9.63. The van der Waals surface area contributed by atoms with Gasteiger partial charge in [0.15, 0.2) is 0 Å². The van der Waals surface area contributed by atoms with E-state index in [1.165, 1.54) is 0 Å². The minimum absolute atomic E-state index is 0.0191. The number of aryl methyl sites for hydroxylation is 2. The number of anilines is 1. The molecule has 2 aliphatic rings. The average Bonchev–Trinajstić information content (AvgIpc) is 3.60. The second-order valence-electron chi connectivity index (χ2n) is 12.2. The largest absolute Gasteiger partial charge is 0.481 e. The third-order valence-electron chi connectivity index (χ3n) is 9.09. The van der Waals surface area contributed by atoms with Gasteiger partial charge < -0.3 is 19.7 Å². The van der Waals surface area contributed by atoms with Gasteiger partial charge in [-0.1, -0.05) is 50.1 Å². The number of ether oxygens (including phenoxy) is 1. The van der Waals surface area contributed by atoms with E-state index in [0.717, 1.165) is 71.9 Å². The van der Waals surface area contributed by atoms with Crippen LogP contribution in [0.1, 0.15) is 55.5 Å². The zero-order chi connectivity index (χ0) is 35.2. The summed E-state index contributed by atoms with van der Waals surface area (Å²) in [6.45, 7) is 4.89. The molecule has 2 heterocycles. The number of carboxylic acid groups (broad SMARTS) is 1. The standard InChI is InChI=1S/C26H30N2O3.C8H5F4NO.CH5NS/c1-16-14-26(11-4-12-31-26)15-21(24(16)25(29)30)19-7-5-18(6-8-19)20-9-10-23-22(13-20)27-17(2)28(23)3;9-6-3-5(8(10,11)12)1-2-7(6)13-4-14;1-2-3/h5-10,13,16,21,24H,4,11-12,14-15H2,1-3H3,(H,29,30);1-4H,(H,13,14);2-3H,1H3/t16-,21-,24?,26+;;/m0../s1. The van der Waals surface area contributed by atoms with Crippen molar-refractivity contribution in [1.29, 1.82) is 0 Å². The number of alkyl halides is 3. The van der Waals surface area contributed by atoms with Gasteiger partial charge in [0.1, 0.15) is 11.6 Å². The fraction of sp³-hybridized carbons (Fsp3) is 0.400. The molecule has 4 aromatic rings. The van der Waals surface area contributed by atoms with Crippen LogP contribution >= 0.6 is 12.8 Å². The smallest absolute Gasteiger partial charge is 0.416 e. The van der Waals surface area contributed by atoms with Crippen molar-refractivity contribution in [2.24, 2.45) is 18.9 Å². The van der Waals surface area contributed by atoms with Crippen molar-refractivity contribution < 1.29 is 37.0 Å². The Balaban J connectivity index is 0.000000257. The minimum atomic E-state index is -4.58. The third-order valence-corrected chi connectivity index (χ3v) is 9.09. The van der Waals surface area contributed by atoms with E-state index in [-0.39, 0.29) is 35.5 Å². The Morgan fingerprint density at radius 1 is 1.10 bits per heavy atom. The SMILES string of the molecule is CNS.Cc1nc2cc(-c3ccc([C@@H]4C[C@@]5(CCCO5)C[C@H](C)C4C(=O)O)cc3)ccc2n1C.O=CNc1ccc(C(F)(F)F)cc1F. The molecule has 3 N–H and O–H groups in total. The van der Waals surface area contributed by atoms with Crippen LogP contribution in [-0.2, 0) is 27.5 Å². The second kappa shape index (κ2) is 15.5. The number of carboxylic acids is 1. The number of nitrogens with zero attached hydrogens (tertiary/aromatic N) is 2. The summed E-state index contributed by atoms with van der Waals surface area (Å²) in [4.78, 5) is 26.7. The summed E-state index contributed by atoms with van der Waals surface area (Å²) in [6, 6.07) is 16.7. The summed E-state index contributed by atoms with van der Waals surface area (Å²) in [5.74, 6) is -1.10. The Hall–Kier alpha value is -3.94. The number of benzene rings is 3. The van der Waals surface area contributed by atoms with Gasteiger partial charge in [-0.3, -0.25) is 14.3 Å². The van der Waals surface area contributed by atoms with Gasteiger partial charge in [-0.25, -0.2) is 9.37 Å². The van der Waals surface area contributed by atoms with Gasteiger partial charge in [0.05, 0.1) is 33.8 Å². The number of amides is 1. The predicted molar refractivity (Wildman–Crippen MR) is 180 cm³/mol. The van der Waals surface area contributed by atoms with Crippen LogP contribution in [0.2, 0.25) is 0 Å². The van der Waals surface area contributed by atoms with E-state index in [1.807, 2.05) is 19.3 Å². The van der Waals surface area contributed by atoms with Gasteiger partial charge in [0.25, 0.3) is 0 Å². The third kappa shape index (κ3) is 8.37. The first-order valence-electron chi connectivity index (χ1n) is 15.5. The van der Waals surface area contributed by atoms with Crippen LogP contribution in [0.15, 0.2) is 60.7 Å². The van der Waals surface area contributed by atoms with E-state index in [9.17, 15) is 32.3 Å². The van der Waals surface area contributed by atoms with Gasteiger partial charge in [-0.2, -0.15) is 13.2 Å². The predicted octanol–water partition coefficient (Wildman–Crippen LogP) is 7.78. The van der Waals surface area contributed by atoms with Crippen molar-refractivity contribution in [3.05, 3.63) is 83.4 Å². The molecule has 1 aromatic heterocycles. The highest BCUT2D eigenvalue weighted by Crippen LogP contribution is 2.51. The van der Waals surface area contributed by atoms with Crippen LogP contribution in [-0.4, -0.2) is 46.3 Å². The first-order chi connectivity index (χ1) is 22.7. The molecule has 6 rings (SSSR count). The topological polar surface area (TPSA) is 105 Å². The lowest BCUT2D eigenvalue weighted by Crippen LogP contribution is -2.44. The number of nitrogens with one attached hydrogen (secondary N) is 2. The van der Waals surface area contributed by atoms with Crippen LogP contribution in [0.4, 0.5) is 23.2 Å². The zero-order valence-corrected chi connectivity index (χ0v) is 28.0. The molecule has 1 amide bonds. The van der Waals surface area contributed by atoms with E-state index < -0.39 is 23.5 Å². The Kier molecular flexibility index (Phi) is 11.9. The molecule has 8 nitrogen and oxygen atoms in total. The Labute approximate surface area is 282 Å². The molecule has 1 spiro atoms. The molecule has 1 aliphatic carbocycles. The maximum absolute atomic E-state index is 12.8. The maximum Gasteiger partial charge on any atom is 0.416 e. The van der Waals surface area contributed by atoms with Crippen molar-refractivity contribution in [1.82, 2.24) is 14.3 Å². The number of imidazole rings is 1. The summed E-state index contributed by atoms with van der Waals surface area (Å²) in [5.41, 5.74) is 3.95. The van der Waals surface area contributed by atoms with Gasteiger partial charge in [-0.05, 0) is 92.6 Å². The molecular formula is C35H40F4N4O4S. The second-order valence-corrected chi connectivity index (χ2v) is 12.7. The number of thiol groups is 1. The Morgan fingerprint density at radius 2 is 1.77 bits per heavy atom. The molecule has 3 aromatic carbocycles. The molecule has 258 valence electrons. The molecule has 1 unspecified atom stereocenters. The van der Waals surface area contributed by atoms with Crippen LogP contribution < -0.4 is 10.0 Å². The van der Waals surface area contributed by atoms with Crippen LogP contribution in [0.25, 0.3) is 22.2 Å². The van der Waals surface area contributed by atoms with Crippen molar-refractivity contribution in [2.75, 3.05) is 19.0 Å². The number of hydrogen-bond donors (Lipinski definition) is 4. The highest BCUT2D eigenvalue weighted by atomic mass is 32.1. The summed E-state index contributed by atoms with van der Waals surface area (Å²) in [5, 5.41) is 11.9. The first kappa shape index (κ1) is 36.9. The van der Waals surface area contributed by atoms with Crippen LogP contribution in [0, 0.1) is 24.6 Å². The van der Waals surface area contributed by atoms with Crippen molar-refractivity contribution in [2.45, 2.75) is 57.2 Å². The molecule has 1 saturated heterocycles. The number of halogens is 4. The number of aromatic nitrogens is 2.